The summed E-state index contributed by atoms with van der Waals surface area (Å²) in [7, 11) is 0.213. The van der Waals surface area contributed by atoms with Gasteiger partial charge in [-0.3, -0.25) is 19.9 Å². The molecule has 4 heterocycles. The Morgan fingerprint density at radius 2 is 1.82 bits per heavy atom. The third kappa shape index (κ3) is 6.34. The molecule has 0 radical (unpaired) electrons. The number of fused-ring (bicyclic) bond motifs is 2. The molecule has 0 unspecified atom stereocenters. The number of nitrogens with zero attached hydrogens (tertiary/aromatic N) is 4. The number of amides is 1. The van der Waals surface area contributed by atoms with Crippen molar-refractivity contribution in [2.75, 3.05) is 32.2 Å². The number of H-pyrrole nitrogens is 2. The van der Waals surface area contributed by atoms with Crippen LogP contribution in [0.15, 0.2) is 73.2 Å². The Hall–Kier alpha value is -4.98. The first-order valence-corrected chi connectivity index (χ1v) is 15.5. The van der Waals surface area contributed by atoms with Gasteiger partial charge in [0, 0.05) is 34.6 Å². The highest BCUT2D eigenvalue weighted by molar-refractivity contribution is 7.88. The molecule has 44 heavy (non-hydrogen) atoms. The van der Waals surface area contributed by atoms with E-state index in [1.54, 1.807) is 29.6 Å². The number of carbonyl (C=O) groups excluding carboxylic acids is 1. The summed E-state index contributed by atoms with van der Waals surface area (Å²) in [4.78, 5) is 26.3. The lowest BCUT2D eigenvalue weighted by molar-refractivity contribution is -0.116. The molecular formula is C31H29FN8O3S. The van der Waals surface area contributed by atoms with Crippen molar-refractivity contribution in [2.45, 2.75) is 6.54 Å². The summed E-state index contributed by atoms with van der Waals surface area (Å²) in [5, 5.41) is 12.1. The minimum absolute atomic E-state index is 0.0194. The Balaban J connectivity index is 1.36. The third-order valence-corrected chi connectivity index (χ3v) is 7.62. The lowest BCUT2D eigenvalue weighted by Gasteiger charge is -2.10. The van der Waals surface area contributed by atoms with Gasteiger partial charge in [0.25, 0.3) is 0 Å². The van der Waals surface area contributed by atoms with Crippen LogP contribution in [0.1, 0.15) is 5.56 Å². The van der Waals surface area contributed by atoms with Crippen LogP contribution in [0.3, 0.4) is 0 Å². The number of likely N-dealkylation sites (N-methyl/N-ethyl adjacent to an activating group) is 1. The molecule has 0 aliphatic carbocycles. The number of anilines is 1. The number of hydrogen-bond acceptors (Lipinski definition) is 7. The number of halogens is 1. The van der Waals surface area contributed by atoms with E-state index in [-0.39, 0.29) is 19.0 Å². The van der Waals surface area contributed by atoms with Gasteiger partial charge in [0.1, 0.15) is 11.5 Å². The fourth-order valence-corrected chi connectivity index (χ4v) is 5.50. The molecule has 11 nitrogen and oxygen atoms in total. The van der Waals surface area contributed by atoms with Crippen LogP contribution in [0.2, 0.25) is 0 Å². The highest BCUT2D eigenvalue weighted by atomic mass is 32.2. The van der Waals surface area contributed by atoms with E-state index in [9.17, 15) is 17.6 Å². The maximum atomic E-state index is 14.6. The molecule has 1 amide bonds. The lowest BCUT2D eigenvalue weighted by atomic mass is 9.99. The Morgan fingerprint density at radius 3 is 2.61 bits per heavy atom. The van der Waals surface area contributed by atoms with Gasteiger partial charge in [0.15, 0.2) is 0 Å². The van der Waals surface area contributed by atoms with Gasteiger partial charge in [0.2, 0.25) is 15.9 Å². The maximum absolute atomic E-state index is 14.6. The van der Waals surface area contributed by atoms with Crippen molar-refractivity contribution < 1.29 is 17.6 Å². The number of benzene rings is 2. The Morgan fingerprint density at radius 1 is 0.977 bits per heavy atom. The topological polar surface area (TPSA) is 149 Å². The fourth-order valence-electron chi connectivity index (χ4n) is 5.07. The minimum Gasteiger partial charge on any atom is -0.353 e. The van der Waals surface area contributed by atoms with Gasteiger partial charge in [-0.2, -0.15) is 5.10 Å². The van der Waals surface area contributed by atoms with Crippen LogP contribution in [0, 0.1) is 5.82 Å². The number of carbonyl (C=O) groups is 1. The van der Waals surface area contributed by atoms with Crippen molar-refractivity contribution in [3.63, 3.8) is 0 Å². The molecule has 2 aromatic carbocycles. The standard InChI is InChI=1S/C31H29FN8O3S/c1-40(2)17-30(41)36-22-10-20(14-33-15-22)27-12-25-29(16-34-27)38-39-31(25)28-11-24-23(5-4-6-26(24)37-28)19-7-18(8-21(32)9-19)13-35-44(3,42)43/h4-12,14-16,35,37H,13,17H2,1-3H3,(H,36,41)(H,38,39). The van der Waals surface area contributed by atoms with Crippen LogP contribution in [0.5, 0.6) is 0 Å². The van der Waals surface area contributed by atoms with Crippen molar-refractivity contribution in [1.29, 1.82) is 0 Å². The summed E-state index contributed by atoms with van der Waals surface area (Å²) < 4.78 is 40.2. The second-order valence-corrected chi connectivity index (χ2v) is 12.7. The molecule has 0 aliphatic rings. The lowest BCUT2D eigenvalue weighted by Crippen LogP contribution is -2.27. The molecule has 0 saturated heterocycles. The average Bonchev–Trinajstić information content (AvgIpc) is 3.59. The van der Waals surface area contributed by atoms with E-state index in [0.717, 1.165) is 44.9 Å². The van der Waals surface area contributed by atoms with Crippen molar-refractivity contribution >= 4 is 43.4 Å². The zero-order chi connectivity index (χ0) is 31.0. The monoisotopic (exact) mass is 612 g/mol. The van der Waals surface area contributed by atoms with E-state index in [1.807, 2.05) is 50.5 Å². The number of pyridine rings is 2. The first kappa shape index (κ1) is 29.1. The summed E-state index contributed by atoms with van der Waals surface area (Å²) in [5.74, 6) is -0.609. The number of nitrogens with one attached hydrogen (secondary N) is 4. The molecule has 224 valence electrons. The van der Waals surface area contributed by atoms with Gasteiger partial charge in [0.05, 0.1) is 47.8 Å². The number of aromatic nitrogens is 5. The van der Waals surface area contributed by atoms with Crippen LogP contribution in [-0.2, 0) is 21.4 Å². The molecule has 4 aromatic heterocycles. The smallest absolute Gasteiger partial charge is 0.238 e. The number of rotatable bonds is 9. The Kier molecular flexibility index (Phi) is 7.67. The molecule has 0 spiro atoms. The van der Waals surface area contributed by atoms with E-state index >= 15 is 0 Å². The van der Waals surface area contributed by atoms with Crippen molar-refractivity contribution in [2.24, 2.45) is 0 Å². The highest BCUT2D eigenvalue weighted by Crippen LogP contribution is 2.35. The number of aromatic amines is 2. The van der Waals surface area contributed by atoms with Crippen molar-refractivity contribution in [3.05, 3.63) is 84.6 Å². The third-order valence-electron chi connectivity index (χ3n) is 6.95. The van der Waals surface area contributed by atoms with Gasteiger partial charge in [-0.05, 0) is 73.3 Å². The predicted octanol–water partition coefficient (Wildman–Crippen LogP) is 4.52. The Labute approximate surface area is 252 Å². The number of sulfonamides is 1. The van der Waals surface area contributed by atoms with E-state index in [1.165, 1.54) is 12.1 Å². The van der Waals surface area contributed by atoms with Crippen LogP contribution in [0.25, 0.3) is 55.6 Å². The van der Waals surface area contributed by atoms with Crippen LogP contribution in [0.4, 0.5) is 10.1 Å². The van der Waals surface area contributed by atoms with Crippen molar-refractivity contribution in [1.82, 2.24) is 34.8 Å². The van der Waals surface area contributed by atoms with E-state index < -0.39 is 15.8 Å². The molecule has 0 bridgehead atoms. The van der Waals surface area contributed by atoms with E-state index in [0.29, 0.717) is 28.2 Å². The molecule has 13 heteroatoms. The molecule has 0 saturated carbocycles. The van der Waals surface area contributed by atoms with Crippen molar-refractivity contribution in [3.8, 4) is 33.8 Å². The summed E-state index contributed by atoms with van der Waals surface area (Å²) in [6.45, 7) is 0.230. The Bertz CT molecular complexity index is 2140. The van der Waals surface area contributed by atoms with E-state index in [4.69, 9.17) is 0 Å². The van der Waals surface area contributed by atoms with Crippen LogP contribution < -0.4 is 10.0 Å². The average molecular weight is 613 g/mol. The van der Waals surface area contributed by atoms with Crippen LogP contribution in [-0.4, -0.2) is 71.3 Å². The molecular weight excluding hydrogens is 583 g/mol. The van der Waals surface area contributed by atoms with Gasteiger partial charge < -0.3 is 15.2 Å². The molecule has 0 aliphatic heterocycles. The largest absolute Gasteiger partial charge is 0.353 e. The molecule has 6 rings (SSSR count). The van der Waals surface area contributed by atoms with Gasteiger partial charge in [-0.15, -0.1) is 0 Å². The quantitative estimate of drug-likeness (QED) is 0.188. The summed E-state index contributed by atoms with van der Waals surface area (Å²) >= 11 is 0. The second kappa shape index (κ2) is 11.6. The maximum Gasteiger partial charge on any atom is 0.238 e. The van der Waals surface area contributed by atoms with Gasteiger partial charge in [-0.25, -0.2) is 17.5 Å². The minimum atomic E-state index is -3.43. The van der Waals surface area contributed by atoms with E-state index in [2.05, 4.69) is 35.2 Å². The fraction of sp³-hybridized carbons (Fsp3) is 0.161. The molecule has 6 aromatic rings. The SMILES string of the molecule is CN(C)CC(=O)Nc1cncc(-c2cc3c(-c4cc5c(-c6cc(F)cc(CNS(C)(=O)=O)c6)cccc5[nH]4)n[nH]c3cn2)c1. The normalized spacial score (nSPS) is 11.9. The summed E-state index contributed by atoms with van der Waals surface area (Å²) in [5.41, 5.74) is 6.84. The van der Waals surface area contributed by atoms with Gasteiger partial charge >= 0.3 is 0 Å². The van der Waals surface area contributed by atoms with Crippen LogP contribution >= 0.6 is 0 Å². The zero-order valence-electron chi connectivity index (χ0n) is 24.1. The molecule has 0 fully saturated rings. The predicted molar refractivity (Wildman–Crippen MR) is 169 cm³/mol. The highest BCUT2D eigenvalue weighted by Gasteiger charge is 2.16. The summed E-state index contributed by atoms with van der Waals surface area (Å²) in [6.07, 6.45) is 6.04. The molecule has 0 atom stereocenters. The first-order valence-electron chi connectivity index (χ1n) is 13.6. The van der Waals surface area contributed by atoms with Gasteiger partial charge in [-0.1, -0.05) is 12.1 Å². The number of hydrogen-bond donors (Lipinski definition) is 4. The summed E-state index contributed by atoms with van der Waals surface area (Å²) in [6, 6.07) is 15.9. The zero-order valence-corrected chi connectivity index (χ0v) is 25.0. The molecule has 4 N–H and O–H groups in total. The second-order valence-electron chi connectivity index (χ2n) is 10.8. The first-order chi connectivity index (χ1) is 21.0.